The zero-order valence-electron chi connectivity index (χ0n) is 11.3. The van der Waals surface area contributed by atoms with Crippen molar-refractivity contribution < 1.29 is 13.2 Å². The molecule has 0 saturated carbocycles. The van der Waals surface area contributed by atoms with Gasteiger partial charge in [0.05, 0.1) is 28.6 Å². The monoisotopic (exact) mass is 295 g/mol. The highest BCUT2D eigenvalue weighted by Crippen LogP contribution is 2.35. The Balaban J connectivity index is 2.67. The first-order valence-electron chi connectivity index (χ1n) is 6.05. The molecule has 0 fully saturated rings. The molecule has 0 amide bonds. The molecular formula is C13H12F3N5. The second-order valence-corrected chi connectivity index (χ2v) is 4.60. The van der Waals surface area contributed by atoms with E-state index < -0.39 is 17.8 Å². The van der Waals surface area contributed by atoms with E-state index in [1.54, 1.807) is 19.9 Å². The molecule has 0 saturated heterocycles. The maximum atomic E-state index is 13.2. The molecule has 1 atom stereocenters. The fraction of sp³-hybridized carbons (Fsp3) is 0.308. The van der Waals surface area contributed by atoms with Gasteiger partial charge in [0, 0.05) is 6.04 Å². The summed E-state index contributed by atoms with van der Waals surface area (Å²) in [5.74, 6) is 0. The third kappa shape index (κ3) is 2.73. The average Bonchev–Trinajstić information content (AvgIpc) is 2.79. The Morgan fingerprint density at radius 2 is 2.05 bits per heavy atom. The Morgan fingerprint density at radius 3 is 2.52 bits per heavy atom. The van der Waals surface area contributed by atoms with Gasteiger partial charge in [-0.05, 0) is 32.0 Å². The Morgan fingerprint density at radius 1 is 1.38 bits per heavy atom. The molecule has 1 aromatic heterocycles. The lowest BCUT2D eigenvalue weighted by Gasteiger charge is -2.14. The van der Waals surface area contributed by atoms with Crippen LogP contribution in [0.5, 0.6) is 0 Å². The molecule has 0 bridgehead atoms. The maximum Gasteiger partial charge on any atom is 0.418 e. The minimum Gasteiger partial charge on any atom is -0.323 e. The first-order valence-corrected chi connectivity index (χ1v) is 6.05. The fourth-order valence-electron chi connectivity index (χ4n) is 2.01. The van der Waals surface area contributed by atoms with Crippen LogP contribution in [-0.4, -0.2) is 15.0 Å². The van der Waals surface area contributed by atoms with Crippen molar-refractivity contribution in [3.05, 3.63) is 40.7 Å². The van der Waals surface area contributed by atoms with Crippen molar-refractivity contribution in [2.45, 2.75) is 26.1 Å². The summed E-state index contributed by atoms with van der Waals surface area (Å²) in [6.07, 6.45) is -4.60. The van der Waals surface area contributed by atoms with Gasteiger partial charge in [0.2, 0.25) is 0 Å². The van der Waals surface area contributed by atoms with Gasteiger partial charge in [-0.3, -0.25) is 0 Å². The van der Waals surface area contributed by atoms with Gasteiger partial charge in [-0.15, -0.1) is 5.10 Å². The van der Waals surface area contributed by atoms with E-state index in [4.69, 9.17) is 11.0 Å². The lowest BCUT2D eigenvalue weighted by molar-refractivity contribution is -0.137. The van der Waals surface area contributed by atoms with Crippen LogP contribution in [0, 0.1) is 18.3 Å². The van der Waals surface area contributed by atoms with Crippen LogP contribution in [0.15, 0.2) is 18.2 Å². The van der Waals surface area contributed by atoms with Crippen molar-refractivity contribution in [2.24, 2.45) is 5.73 Å². The van der Waals surface area contributed by atoms with E-state index in [9.17, 15) is 13.2 Å². The molecule has 0 aliphatic heterocycles. The van der Waals surface area contributed by atoms with Crippen LogP contribution >= 0.6 is 0 Å². The third-order valence-electron chi connectivity index (χ3n) is 3.02. The van der Waals surface area contributed by atoms with Gasteiger partial charge in [-0.25, -0.2) is 4.68 Å². The summed E-state index contributed by atoms with van der Waals surface area (Å²) in [6.45, 7) is 3.27. The zero-order chi connectivity index (χ0) is 15.8. The number of halogens is 3. The van der Waals surface area contributed by atoms with Crippen LogP contribution in [0.1, 0.15) is 35.5 Å². The van der Waals surface area contributed by atoms with E-state index in [1.165, 1.54) is 12.1 Å². The molecule has 2 rings (SSSR count). The normalized spacial score (nSPS) is 13.0. The van der Waals surface area contributed by atoms with Gasteiger partial charge in [-0.2, -0.15) is 18.4 Å². The molecule has 2 aromatic rings. The molecule has 5 nitrogen and oxygen atoms in total. The van der Waals surface area contributed by atoms with Crippen LogP contribution in [0.3, 0.4) is 0 Å². The van der Waals surface area contributed by atoms with Gasteiger partial charge in [0.25, 0.3) is 0 Å². The van der Waals surface area contributed by atoms with Crippen molar-refractivity contribution in [2.75, 3.05) is 0 Å². The van der Waals surface area contributed by atoms with Gasteiger partial charge in [-0.1, -0.05) is 5.21 Å². The summed E-state index contributed by atoms with van der Waals surface area (Å²) in [5, 5.41) is 16.3. The molecule has 110 valence electrons. The Kier molecular flexibility index (Phi) is 3.70. The number of hydrogen-bond donors (Lipinski definition) is 1. The van der Waals surface area contributed by atoms with E-state index in [1.807, 2.05) is 0 Å². The molecule has 1 aromatic carbocycles. The number of aromatic nitrogens is 3. The van der Waals surface area contributed by atoms with Gasteiger partial charge < -0.3 is 5.73 Å². The molecule has 21 heavy (non-hydrogen) atoms. The zero-order valence-corrected chi connectivity index (χ0v) is 11.3. The van der Waals surface area contributed by atoms with E-state index in [0.29, 0.717) is 11.4 Å². The maximum absolute atomic E-state index is 13.2. The van der Waals surface area contributed by atoms with E-state index >= 15 is 0 Å². The van der Waals surface area contributed by atoms with Gasteiger partial charge in [0.1, 0.15) is 5.69 Å². The van der Waals surface area contributed by atoms with Crippen LogP contribution in [0.25, 0.3) is 5.69 Å². The molecule has 8 heteroatoms. The lowest BCUT2D eigenvalue weighted by atomic mass is 10.1. The van der Waals surface area contributed by atoms with E-state index in [2.05, 4.69) is 10.3 Å². The van der Waals surface area contributed by atoms with Crippen LogP contribution < -0.4 is 5.73 Å². The summed E-state index contributed by atoms with van der Waals surface area (Å²) in [6, 6.07) is 4.55. The smallest absolute Gasteiger partial charge is 0.323 e. The molecule has 1 unspecified atom stereocenters. The van der Waals surface area contributed by atoms with Crippen molar-refractivity contribution in [1.82, 2.24) is 15.0 Å². The highest BCUT2D eigenvalue weighted by atomic mass is 19.4. The number of nitriles is 1. The Bertz CT molecular complexity index is 710. The first kappa shape index (κ1) is 15.0. The quantitative estimate of drug-likeness (QED) is 0.923. The number of rotatable bonds is 2. The van der Waals surface area contributed by atoms with Crippen molar-refractivity contribution in [1.29, 1.82) is 5.26 Å². The molecule has 0 aliphatic rings. The van der Waals surface area contributed by atoms with Crippen molar-refractivity contribution in [3.8, 4) is 11.8 Å². The summed E-state index contributed by atoms with van der Waals surface area (Å²) < 4.78 is 40.5. The number of nitrogens with zero attached hydrogens (tertiary/aromatic N) is 4. The summed E-state index contributed by atoms with van der Waals surface area (Å²) >= 11 is 0. The second kappa shape index (κ2) is 5.18. The molecule has 0 spiro atoms. The van der Waals surface area contributed by atoms with Crippen molar-refractivity contribution >= 4 is 0 Å². The van der Waals surface area contributed by atoms with E-state index in [0.717, 1.165) is 10.7 Å². The predicted octanol–water partition coefficient (Wildman–Crippen LogP) is 2.49. The molecular weight excluding hydrogens is 283 g/mol. The van der Waals surface area contributed by atoms with Crippen LogP contribution in [-0.2, 0) is 6.18 Å². The topological polar surface area (TPSA) is 80.5 Å². The molecule has 1 heterocycles. The molecule has 0 radical (unpaired) electrons. The largest absolute Gasteiger partial charge is 0.418 e. The van der Waals surface area contributed by atoms with Crippen molar-refractivity contribution in [3.63, 3.8) is 0 Å². The van der Waals surface area contributed by atoms with E-state index in [-0.39, 0.29) is 11.3 Å². The van der Waals surface area contributed by atoms with Crippen LogP contribution in [0.2, 0.25) is 0 Å². The van der Waals surface area contributed by atoms with Crippen LogP contribution in [0.4, 0.5) is 13.2 Å². The number of alkyl halides is 3. The second-order valence-electron chi connectivity index (χ2n) is 4.60. The average molecular weight is 295 g/mol. The standard InChI is InChI=1S/C13H12F3N5/c1-7(18)12-8(2)21(20-19-12)11-4-3-9(6-17)5-10(11)13(14,15)16/h3-5,7H,18H2,1-2H3. The predicted molar refractivity (Wildman–Crippen MR) is 68.4 cm³/mol. The number of benzene rings is 1. The summed E-state index contributed by atoms with van der Waals surface area (Å²) in [7, 11) is 0. The number of hydrogen-bond acceptors (Lipinski definition) is 4. The highest BCUT2D eigenvalue weighted by Gasteiger charge is 2.35. The Hall–Kier alpha value is -2.40. The fourth-order valence-corrected chi connectivity index (χ4v) is 2.01. The SMILES string of the molecule is Cc1c(C(C)N)nnn1-c1ccc(C#N)cc1C(F)(F)F. The molecule has 2 N–H and O–H groups in total. The summed E-state index contributed by atoms with van der Waals surface area (Å²) in [5.41, 5.74) is 5.35. The highest BCUT2D eigenvalue weighted by molar-refractivity contribution is 5.48. The lowest BCUT2D eigenvalue weighted by Crippen LogP contribution is -2.13. The minimum absolute atomic E-state index is 0.0729. The minimum atomic E-state index is -4.60. The van der Waals surface area contributed by atoms with Gasteiger partial charge in [0.15, 0.2) is 0 Å². The molecule has 0 aliphatic carbocycles. The van der Waals surface area contributed by atoms with Gasteiger partial charge >= 0.3 is 6.18 Å². The summed E-state index contributed by atoms with van der Waals surface area (Å²) in [4.78, 5) is 0. The number of nitrogens with two attached hydrogens (primary N) is 1. The third-order valence-corrected chi connectivity index (χ3v) is 3.02. The Labute approximate surface area is 118 Å². The first-order chi connectivity index (χ1) is 9.75.